The minimum atomic E-state index is 0.721. The minimum absolute atomic E-state index is 0.721. The summed E-state index contributed by atoms with van der Waals surface area (Å²) < 4.78 is 11.3. The van der Waals surface area contributed by atoms with E-state index in [1.165, 1.54) is 0 Å². The summed E-state index contributed by atoms with van der Waals surface area (Å²) in [5, 5.41) is 3.29. The molecule has 0 aliphatic heterocycles. The Labute approximate surface area is 126 Å². The second-order valence-electron chi connectivity index (χ2n) is 4.76. The number of nitrogens with one attached hydrogen (secondary N) is 1. The molecule has 0 fully saturated rings. The molecule has 2 rings (SSSR count). The van der Waals surface area contributed by atoms with Crippen LogP contribution in [0.3, 0.4) is 0 Å². The molecule has 0 aliphatic rings. The minimum Gasteiger partial charge on any atom is -0.494 e. The van der Waals surface area contributed by atoms with Crippen LogP contribution < -0.4 is 14.8 Å². The molecule has 0 saturated heterocycles. The molecule has 0 radical (unpaired) electrons. The maximum atomic E-state index is 5.80. The van der Waals surface area contributed by atoms with Crippen LogP contribution in [0.2, 0.25) is 0 Å². The average molecular weight is 286 g/mol. The highest BCUT2D eigenvalue weighted by molar-refractivity contribution is 5.46. The van der Waals surface area contributed by atoms with Crippen LogP contribution in [0, 0.1) is 0 Å². The van der Waals surface area contributed by atoms with Crippen molar-refractivity contribution in [1.82, 2.24) is 4.98 Å². The van der Waals surface area contributed by atoms with E-state index in [-0.39, 0.29) is 0 Å². The second-order valence-corrected chi connectivity index (χ2v) is 4.76. The van der Waals surface area contributed by atoms with E-state index in [2.05, 4.69) is 24.1 Å². The molecule has 1 aromatic carbocycles. The summed E-state index contributed by atoms with van der Waals surface area (Å²) in [5.41, 5.74) is 0.970. The first-order chi connectivity index (χ1) is 10.3. The molecule has 2 aromatic rings. The van der Waals surface area contributed by atoms with Crippen molar-refractivity contribution in [2.75, 3.05) is 18.5 Å². The maximum absolute atomic E-state index is 5.80. The third-order valence-electron chi connectivity index (χ3n) is 2.82. The van der Waals surface area contributed by atoms with Gasteiger partial charge in [0.2, 0.25) is 0 Å². The molecule has 0 bridgehead atoms. The maximum Gasteiger partial charge on any atom is 0.147 e. The fraction of sp³-hybridized carbons (Fsp3) is 0.353. The van der Waals surface area contributed by atoms with Crippen LogP contribution in [0.5, 0.6) is 17.2 Å². The number of aromatic nitrogens is 1. The third-order valence-corrected chi connectivity index (χ3v) is 2.82. The van der Waals surface area contributed by atoms with Crippen molar-refractivity contribution >= 4 is 5.69 Å². The van der Waals surface area contributed by atoms with Crippen molar-refractivity contribution in [1.29, 1.82) is 0 Å². The highest BCUT2D eigenvalue weighted by atomic mass is 16.5. The van der Waals surface area contributed by atoms with Gasteiger partial charge < -0.3 is 14.8 Å². The van der Waals surface area contributed by atoms with E-state index in [0.717, 1.165) is 48.9 Å². The molecule has 112 valence electrons. The van der Waals surface area contributed by atoms with Crippen LogP contribution >= 0.6 is 0 Å². The zero-order chi connectivity index (χ0) is 14.9. The van der Waals surface area contributed by atoms with E-state index in [1.807, 2.05) is 30.3 Å². The highest BCUT2D eigenvalue weighted by Crippen LogP contribution is 2.25. The lowest BCUT2D eigenvalue weighted by molar-refractivity contribution is 0.317. The number of hydrogen-bond acceptors (Lipinski definition) is 4. The summed E-state index contributed by atoms with van der Waals surface area (Å²) >= 11 is 0. The zero-order valence-electron chi connectivity index (χ0n) is 12.6. The molecule has 21 heavy (non-hydrogen) atoms. The molecule has 0 amide bonds. The number of rotatable bonds is 8. The van der Waals surface area contributed by atoms with Crippen molar-refractivity contribution in [2.45, 2.75) is 26.7 Å². The molecule has 0 spiro atoms. The van der Waals surface area contributed by atoms with Gasteiger partial charge in [-0.2, -0.15) is 0 Å². The van der Waals surface area contributed by atoms with E-state index < -0.39 is 0 Å². The Morgan fingerprint density at radius 2 is 1.71 bits per heavy atom. The van der Waals surface area contributed by atoms with E-state index in [9.17, 15) is 0 Å². The molecule has 0 aliphatic carbocycles. The van der Waals surface area contributed by atoms with E-state index in [0.29, 0.717) is 0 Å². The summed E-state index contributed by atoms with van der Waals surface area (Å²) in [7, 11) is 0. The summed E-state index contributed by atoms with van der Waals surface area (Å²) in [6, 6.07) is 9.58. The number of pyridine rings is 1. The van der Waals surface area contributed by atoms with Crippen molar-refractivity contribution in [3.63, 3.8) is 0 Å². The fourth-order valence-electron chi connectivity index (χ4n) is 1.80. The van der Waals surface area contributed by atoms with Crippen LogP contribution in [0.25, 0.3) is 0 Å². The lowest BCUT2D eigenvalue weighted by Crippen LogP contribution is -2.00. The van der Waals surface area contributed by atoms with Gasteiger partial charge in [0.05, 0.1) is 24.7 Å². The van der Waals surface area contributed by atoms with Gasteiger partial charge in [0.15, 0.2) is 0 Å². The average Bonchev–Trinajstić information content (AvgIpc) is 2.53. The van der Waals surface area contributed by atoms with Gasteiger partial charge in [-0.15, -0.1) is 0 Å². The van der Waals surface area contributed by atoms with Crippen molar-refractivity contribution in [3.05, 3.63) is 42.7 Å². The highest BCUT2D eigenvalue weighted by Gasteiger charge is 2.01. The number of ether oxygens (including phenoxy) is 2. The topological polar surface area (TPSA) is 43.4 Å². The lowest BCUT2D eigenvalue weighted by Gasteiger charge is -2.09. The Balaban J connectivity index is 1.97. The van der Waals surface area contributed by atoms with Crippen LogP contribution in [0.4, 0.5) is 5.69 Å². The quantitative estimate of drug-likeness (QED) is 0.776. The predicted molar refractivity (Wildman–Crippen MR) is 85.3 cm³/mol. The van der Waals surface area contributed by atoms with Crippen LogP contribution in [0.15, 0.2) is 42.7 Å². The monoisotopic (exact) mass is 286 g/mol. The molecule has 1 N–H and O–H groups in total. The van der Waals surface area contributed by atoms with Crippen LogP contribution in [-0.4, -0.2) is 18.1 Å². The second kappa shape index (κ2) is 8.15. The molecule has 0 atom stereocenters. The zero-order valence-corrected chi connectivity index (χ0v) is 12.6. The summed E-state index contributed by atoms with van der Waals surface area (Å²) in [5.74, 6) is 2.35. The summed E-state index contributed by atoms with van der Waals surface area (Å²) in [6.07, 6.45) is 5.58. The van der Waals surface area contributed by atoms with Crippen molar-refractivity contribution in [2.24, 2.45) is 0 Å². The number of nitrogens with zero attached hydrogens (tertiary/aromatic N) is 1. The third kappa shape index (κ3) is 4.99. The van der Waals surface area contributed by atoms with Gasteiger partial charge in [0.1, 0.15) is 17.2 Å². The standard InChI is InChI=1S/C17H22N2O2/c1-3-9-19-14-11-17(13-18-12-14)21-16-7-5-15(6-8-16)20-10-4-2/h5-8,11-13,19H,3-4,9-10H2,1-2H3. The number of anilines is 1. The molecule has 1 aromatic heterocycles. The van der Waals surface area contributed by atoms with Crippen LogP contribution in [-0.2, 0) is 0 Å². The fourth-order valence-corrected chi connectivity index (χ4v) is 1.80. The van der Waals surface area contributed by atoms with Gasteiger partial charge in [0.25, 0.3) is 0 Å². The van der Waals surface area contributed by atoms with E-state index in [4.69, 9.17) is 9.47 Å². The van der Waals surface area contributed by atoms with Gasteiger partial charge in [0, 0.05) is 12.6 Å². The Morgan fingerprint density at radius 3 is 2.43 bits per heavy atom. The Hall–Kier alpha value is -2.23. The SMILES string of the molecule is CCCNc1cncc(Oc2ccc(OCCC)cc2)c1. The molecule has 0 unspecified atom stereocenters. The number of benzene rings is 1. The summed E-state index contributed by atoms with van der Waals surface area (Å²) in [4.78, 5) is 4.18. The van der Waals surface area contributed by atoms with Gasteiger partial charge in [-0.1, -0.05) is 13.8 Å². The number of hydrogen-bond donors (Lipinski definition) is 1. The molecular formula is C17H22N2O2. The van der Waals surface area contributed by atoms with Gasteiger partial charge in [-0.3, -0.25) is 4.98 Å². The van der Waals surface area contributed by atoms with Gasteiger partial charge >= 0.3 is 0 Å². The van der Waals surface area contributed by atoms with E-state index >= 15 is 0 Å². The first-order valence-corrected chi connectivity index (χ1v) is 7.41. The Bertz CT molecular complexity index is 541. The van der Waals surface area contributed by atoms with Crippen molar-refractivity contribution in [3.8, 4) is 17.2 Å². The molecule has 1 heterocycles. The molecule has 4 heteroatoms. The smallest absolute Gasteiger partial charge is 0.147 e. The largest absolute Gasteiger partial charge is 0.494 e. The first kappa shape index (κ1) is 15.2. The van der Waals surface area contributed by atoms with E-state index in [1.54, 1.807) is 12.4 Å². The van der Waals surface area contributed by atoms with Gasteiger partial charge in [-0.25, -0.2) is 0 Å². The molecule has 0 saturated carbocycles. The molecule has 4 nitrogen and oxygen atoms in total. The normalized spacial score (nSPS) is 10.2. The molecular weight excluding hydrogens is 264 g/mol. The first-order valence-electron chi connectivity index (χ1n) is 7.41. The summed E-state index contributed by atoms with van der Waals surface area (Å²) in [6.45, 7) is 5.87. The lowest BCUT2D eigenvalue weighted by atomic mass is 10.3. The van der Waals surface area contributed by atoms with Gasteiger partial charge in [-0.05, 0) is 37.1 Å². The Morgan fingerprint density at radius 1 is 0.952 bits per heavy atom. The Kier molecular flexibility index (Phi) is 5.88. The van der Waals surface area contributed by atoms with Crippen molar-refractivity contribution < 1.29 is 9.47 Å². The van der Waals surface area contributed by atoms with Crippen LogP contribution in [0.1, 0.15) is 26.7 Å². The predicted octanol–water partition coefficient (Wildman–Crippen LogP) is 4.48.